The first-order chi connectivity index (χ1) is 16.1. The lowest BCUT2D eigenvalue weighted by atomic mass is 9.91. The maximum absolute atomic E-state index is 14.5. The predicted octanol–water partition coefficient (Wildman–Crippen LogP) is 3.29. The number of anilines is 2. The highest BCUT2D eigenvalue weighted by Gasteiger charge is 2.25. The van der Waals surface area contributed by atoms with Gasteiger partial charge in [0.2, 0.25) is 5.95 Å². The van der Waals surface area contributed by atoms with Crippen LogP contribution in [0.4, 0.5) is 25.2 Å². The van der Waals surface area contributed by atoms with Gasteiger partial charge in [0.15, 0.2) is 5.65 Å². The Labute approximate surface area is 193 Å². The molecular formula is C22H25F2N7O3. The number of nitrogens with two attached hydrogens (primary N) is 1. The summed E-state index contributed by atoms with van der Waals surface area (Å²) in [5, 5.41) is 14.6. The topological polar surface area (TPSA) is 148 Å². The Morgan fingerprint density at radius 1 is 1.15 bits per heavy atom. The molecule has 1 aromatic carbocycles. The first-order valence-corrected chi connectivity index (χ1v) is 10.9. The van der Waals surface area contributed by atoms with E-state index in [1.54, 1.807) is 13.8 Å². The van der Waals surface area contributed by atoms with Gasteiger partial charge in [0.1, 0.15) is 22.8 Å². The van der Waals surface area contributed by atoms with E-state index in [1.165, 1.54) is 10.8 Å². The van der Waals surface area contributed by atoms with Gasteiger partial charge in [-0.3, -0.25) is 9.36 Å². The van der Waals surface area contributed by atoms with E-state index in [2.05, 4.69) is 25.6 Å². The number of fused-ring (bicyclic) bond motifs is 1. The molecule has 0 atom stereocenters. The molecule has 0 saturated heterocycles. The number of amides is 1. The second kappa shape index (κ2) is 9.20. The molecule has 0 radical (unpaired) electrons. The lowest BCUT2D eigenvalue weighted by Gasteiger charge is -2.29. The van der Waals surface area contributed by atoms with Gasteiger partial charge in [-0.05, 0) is 51.7 Å². The summed E-state index contributed by atoms with van der Waals surface area (Å²) in [5.41, 5.74) is 4.21. The fourth-order valence-electron chi connectivity index (χ4n) is 4.27. The third-order valence-electron chi connectivity index (χ3n) is 5.84. The summed E-state index contributed by atoms with van der Waals surface area (Å²) >= 11 is 0. The van der Waals surface area contributed by atoms with Crippen LogP contribution in [0.5, 0.6) is 0 Å². The standard InChI is InChI=1S/C22H25F2N7O3/c1-10(2)31-19-16(29-18(20(31)32)17-14(23)7-11(25)8-15(17)24)9-26-21(30-19)27-12-3-5-13(6-4-12)28-22(33)34/h7-10,12-13,28H,3-6,25H2,1-2H3,(H,33,34)(H,26,27,30). The van der Waals surface area contributed by atoms with Gasteiger partial charge in [-0.2, -0.15) is 4.98 Å². The average molecular weight is 473 g/mol. The second-order valence-electron chi connectivity index (χ2n) is 8.63. The molecule has 3 aromatic rings. The Kier molecular flexibility index (Phi) is 6.31. The Hall–Kier alpha value is -3.83. The van der Waals surface area contributed by atoms with E-state index in [0.29, 0.717) is 12.8 Å². The van der Waals surface area contributed by atoms with Crippen molar-refractivity contribution in [2.45, 2.75) is 57.7 Å². The van der Waals surface area contributed by atoms with Crippen molar-refractivity contribution in [3.8, 4) is 11.3 Å². The number of nitrogens with one attached hydrogen (secondary N) is 2. The summed E-state index contributed by atoms with van der Waals surface area (Å²) in [6, 6.07) is 1.45. The number of carbonyl (C=O) groups is 1. The minimum atomic E-state index is -1.04. The number of aromatic nitrogens is 4. The summed E-state index contributed by atoms with van der Waals surface area (Å²) in [6.45, 7) is 3.51. The van der Waals surface area contributed by atoms with Crippen LogP contribution in [0.15, 0.2) is 23.1 Å². The zero-order valence-corrected chi connectivity index (χ0v) is 18.7. The quantitative estimate of drug-likeness (QED) is 0.413. The van der Waals surface area contributed by atoms with Gasteiger partial charge < -0.3 is 21.5 Å². The second-order valence-corrected chi connectivity index (χ2v) is 8.63. The Morgan fingerprint density at radius 3 is 2.35 bits per heavy atom. The number of nitrogen functional groups attached to an aromatic ring is 1. The van der Waals surface area contributed by atoms with Crippen molar-refractivity contribution >= 4 is 28.9 Å². The molecule has 0 aliphatic heterocycles. The molecule has 180 valence electrons. The van der Waals surface area contributed by atoms with Crippen LogP contribution in [-0.4, -0.2) is 42.8 Å². The van der Waals surface area contributed by atoms with E-state index >= 15 is 0 Å². The highest BCUT2D eigenvalue weighted by molar-refractivity contribution is 5.75. The van der Waals surface area contributed by atoms with Crippen molar-refractivity contribution in [1.82, 2.24) is 24.8 Å². The van der Waals surface area contributed by atoms with Crippen molar-refractivity contribution in [2.24, 2.45) is 0 Å². The van der Waals surface area contributed by atoms with Gasteiger partial charge in [-0.15, -0.1) is 0 Å². The number of hydrogen-bond acceptors (Lipinski definition) is 7. The molecular weight excluding hydrogens is 448 g/mol. The SMILES string of the molecule is CC(C)n1c(=O)c(-c2c(F)cc(N)cc2F)nc2cnc(NC3CCC(NC(=O)O)CC3)nc21. The fraction of sp³-hybridized carbons (Fsp3) is 0.409. The number of nitrogens with zero attached hydrogens (tertiary/aromatic N) is 4. The van der Waals surface area contributed by atoms with Crippen LogP contribution in [0.25, 0.3) is 22.4 Å². The maximum atomic E-state index is 14.5. The zero-order valence-electron chi connectivity index (χ0n) is 18.7. The molecule has 0 bridgehead atoms. The Morgan fingerprint density at radius 2 is 1.76 bits per heavy atom. The van der Waals surface area contributed by atoms with Crippen LogP contribution in [0.3, 0.4) is 0 Å². The molecule has 1 amide bonds. The van der Waals surface area contributed by atoms with E-state index in [1.807, 2.05) is 0 Å². The maximum Gasteiger partial charge on any atom is 0.404 e. The predicted molar refractivity (Wildman–Crippen MR) is 123 cm³/mol. The monoisotopic (exact) mass is 473 g/mol. The largest absolute Gasteiger partial charge is 0.465 e. The molecule has 2 heterocycles. The van der Waals surface area contributed by atoms with E-state index in [9.17, 15) is 18.4 Å². The minimum Gasteiger partial charge on any atom is -0.465 e. The summed E-state index contributed by atoms with van der Waals surface area (Å²) in [6.07, 6.45) is 3.16. The first-order valence-electron chi connectivity index (χ1n) is 10.9. The molecule has 5 N–H and O–H groups in total. The molecule has 1 fully saturated rings. The van der Waals surface area contributed by atoms with Gasteiger partial charge in [0.05, 0.1) is 11.8 Å². The van der Waals surface area contributed by atoms with Gasteiger partial charge in [0.25, 0.3) is 5.56 Å². The van der Waals surface area contributed by atoms with Gasteiger partial charge in [-0.25, -0.2) is 23.5 Å². The average Bonchev–Trinajstić information content (AvgIpc) is 2.74. The molecule has 1 aliphatic rings. The minimum absolute atomic E-state index is 0.0359. The van der Waals surface area contributed by atoms with Gasteiger partial charge in [0, 0.05) is 23.8 Å². The van der Waals surface area contributed by atoms with Gasteiger partial charge >= 0.3 is 6.09 Å². The lowest BCUT2D eigenvalue weighted by Crippen LogP contribution is -2.39. The molecule has 34 heavy (non-hydrogen) atoms. The van der Waals surface area contributed by atoms with Crippen LogP contribution in [0, 0.1) is 11.6 Å². The number of rotatable bonds is 5. The normalized spacial score (nSPS) is 18.3. The molecule has 1 aliphatic carbocycles. The Bertz CT molecular complexity index is 1280. The molecule has 0 unspecified atom stereocenters. The third-order valence-corrected chi connectivity index (χ3v) is 5.84. The fourth-order valence-corrected chi connectivity index (χ4v) is 4.27. The Balaban J connectivity index is 1.69. The highest BCUT2D eigenvalue weighted by Crippen LogP contribution is 2.27. The molecule has 0 spiro atoms. The smallest absolute Gasteiger partial charge is 0.404 e. The van der Waals surface area contributed by atoms with Crippen molar-refractivity contribution < 1.29 is 18.7 Å². The van der Waals surface area contributed by atoms with Crippen LogP contribution in [0.2, 0.25) is 0 Å². The summed E-state index contributed by atoms with van der Waals surface area (Å²) in [4.78, 5) is 37.0. The molecule has 10 nitrogen and oxygen atoms in total. The van der Waals surface area contributed by atoms with Crippen molar-refractivity contribution in [3.63, 3.8) is 0 Å². The molecule has 4 rings (SSSR count). The van der Waals surface area contributed by atoms with Crippen molar-refractivity contribution in [3.05, 3.63) is 40.3 Å². The molecule has 1 saturated carbocycles. The van der Waals surface area contributed by atoms with Crippen LogP contribution in [0.1, 0.15) is 45.6 Å². The van der Waals surface area contributed by atoms with E-state index < -0.39 is 28.9 Å². The van der Waals surface area contributed by atoms with Crippen LogP contribution in [-0.2, 0) is 0 Å². The van der Waals surface area contributed by atoms with E-state index in [0.717, 1.165) is 25.0 Å². The molecule has 12 heteroatoms. The summed E-state index contributed by atoms with van der Waals surface area (Å²) < 4.78 is 30.4. The lowest BCUT2D eigenvalue weighted by molar-refractivity contribution is 0.185. The summed E-state index contributed by atoms with van der Waals surface area (Å²) in [7, 11) is 0. The first kappa shape index (κ1) is 23.3. The molecule has 2 aromatic heterocycles. The zero-order chi connectivity index (χ0) is 24.6. The third kappa shape index (κ3) is 4.61. The number of carboxylic acid groups (broad SMARTS) is 1. The number of benzene rings is 1. The van der Waals surface area contributed by atoms with Crippen molar-refractivity contribution in [2.75, 3.05) is 11.1 Å². The number of halogens is 2. The van der Waals surface area contributed by atoms with Crippen LogP contribution < -0.4 is 21.9 Å². The van der Waals surface area contributed by atoms with E-state index in [4.69, 9.17) is 10.8 Å². The van der Waals surface area contributed by atoms with E-state index in [-0.39, 0.29) is 46.6 Å². The highest BCUT2D eigenvalue weighted by atomic mass is 19.1. The van der Waals surface area contributed by atoms with Crippen LogP contribution >= 0.6 is 0 Å². The van der Waals surface area contributed by atoms with Gasteiger partial charge in [-0.1, -0.05) is 0 Å². The summed E-state index contributed by atoms with van der Waals surface area (Å²) in [5.74, 6) is -1.68. The van der Waals surface area contributed by atoms with Crippen molar-refractivity contribution in [1.29, 1.82) is 0 Å². The number of hydrogen-bond donors (Lipinski definition) is 4.